The number of β-amino-alcohol motifs (C(OH)–C–C–N with tert-alkyl or cyclic N) is 1. The van der Waals surface area contributed by atoms with Gasteiger partial charge in [-0.15, -0.1) is 12.4 Å². The maximum absolute atomic E-state index is 9.67. The molecule has 0 aliphatic carbocycles. The van der Waals surface area contributed by atoms with E-state index < -0.39 is 6.10 Å². The fourth-order valence-corrected chi connectivity index (χ4v) is 1.71. The van der Waals surface area contributed by atoms with E-state index in [9.17, 15) is 10.2 Å². The summed E-state index contributed by atoms with van der Waals surface area (Å²) in [6.07, 6.45) is -0.520. The summed E-state index contributed by atoms with van der Waals surface area (Å²) in [6.45, 7) is 1.21. The van der Waals surface area contributed by atoms with Crippen molar-refractivity contribution < 1.29 is 14.9 Å². The topological polar surface area (TPSA) is 61.7 Å². The third kappa shape index (κ3) is 2.17. The lowest BCUT2D eigenvalue weighted by Gasteiger charge is -2.23. The first-order valence-electron chi connectivity index (χ1n) is 4.51. The molecule has 0 aromatic heterocycles. The van der Waals surface area contributed by atoms with Crippen LogP contribution in [0.3, 0.4) is 0 Å². The quantitative estimate of drug-likeness (QED) is 0.674. The Labute approximate surface area is 94.3 Å². The molecule has 0 bridgehead atoms. The smallest absolute Gasteiger partial charge is 0.160 e. The van der Waals surface area contributed by atoms with Crippen LogP contribution in [0.1, 0.15) is 17.2 Å². The van der Waals surface area contributed by atoms with Gasteiger partial charge in [-0.2, -0.15) is 0 Å². The molecule has 1 atom stereocenters. The Hall–Kier alpha value is -0.970. The van der Waals surface area contributed by atoms with Gasteiger partial charge >= 0.3 is 0 Å². The molecule has 1 aliphatic rings. The van der Waals surface area contributed by atoms with E-state index >= 15 is 0 Å². The van der Waals surface area contributed by atoms with Gasteiger partial charge in [0.25, 0.3) is 0 Å². The number of aromatic hydroxyl groups is 1. The van der Waals surface area contributed by atoms with Crippen molar-refractivity contribution in [1.82, 2.24) is 5.32 Å². The molecule has 5 heteroatoms. The minimum Gasteiger partial charge on any atom is -0.504 e. The number of hydrogen-bond acceptors (Lipinski definition) is 4. The number of aliphatic hydroxyl groups excluding tert-OH is 1. The summed E-state index contributed by atoms with van der Waals surface area (Å²) in [7, 11) is 1.49. The highest BCUT2D eigenvalue weighted by molar-refractivity contribution is 5.85. The Kier molecular flexibility index (Phi) is 3.79. The molecule has 0 radical (unpaired) electrons. The molecule has 1 aromatic rings. The Morgan fingerprint density at radius 2 is 2.20 bits per heavy atom. The number of nitrogens with one attached hydrogen (secondary N) is 1. The average molecular weight is 232 g/mol. The minimum atomic E-state index is -0.520. The maximum atomic E-state index is 9.67. The van der Waals surface area contributed by atoms with Gasteiger partial charge in [0.15, 0.2) is 11.5 Å². The summed E-state index contributed by atoms with van der Waals surface area (Å²) in [5, 5.41) is 22.2. The van der Waals surface area contributed by atoms with E-state index in [-0.39, 0.29) is 18.2 Å². The SMILES string of the molecule is COc1cc2c(cc1O)CNCC2O.Cl. The summed E-state index contributed by atoms with van der Waals surface area (Å²) < 4.78 is 4.98. The molecule has 1 aliphatic heterocycles. The highest BCUT2D eigenvalue weighted by Crippen LogP contribution is 2.33. The normalized spacial score (nSPS) is 18.9. The van der Waals surface area contributed by atoms with Gasteiger partial charge in [0.1, 0.15) is 0 Å². The van der Waals surface area contributed by atoms with Crippen LogP contribution in [0.25, 0.3) is 0 Å². The van der Waals surface area contributed by atoms with E-state index in [1.54, 1.807) is 12.1 Å². The first-order valence-corrected chi connectivity index (χ1v) is 4.51. The summed E-state index contributed by atoms with van der Waals surface area (Å²) in [5.41, 5.74) is 1.75. The predicted molar refractivity (Wildman–Crippen MR) is 58.6 cm³/mol. The lowest BCUT2D eigenvalue weighted by atomic mass is 9.98. The van der Waals surface area contributed by atoms with Crippen molar-refractivity contribution >= 4 is 12.4 Å². The zero-order valence-corrected chi connectivity index (χ0v) is 9.17. The Balaban J connectivity index is 0.00000112. The maximum Gasteiger partial charge on any atom is 0.160 e. The molecule has 1 heterocycles. The summed E-state index contributed by atoms with van der Waals surface area (Å²) in [6, 6.07) is 3.32. The van der Waals surface area contributed by atoms with Crippen molar-refractivity contribution in [2.75, 3.05) is 13.7 Å². The van der Waals surface area contributed by atoms with E-state index in [1.165, 1.54) is 7.11 Å². The van der Waals surface area contributed by atoms with Crippen LogP contribution in [-0.4, -0.2) is 23.9 Å². The Morgan fingerprint density at radius 3 is 2.87 bits per heavy atom. The third-order valence-electron chi connectivity index (χ3n) is 2.45. The predicted octanol–water partition coefficient (Wildman–Crippen LogP) is 0.959. The summed E-state index contributed by atoms with van der Waals surface area (Å²) in [5.74, 6) is 0.520. The van der Waals surface area contributed by atoms with Crippen molar-refractivity contribution in [3.8, 4) is 11.5 Å². The van der Waals surface area contributed by atoms with E-state index in [2.05, 4.69) is 5.32 Å². The van der Waals surface area contributed by atoms with Crippen LogP contribution in [0.5, 0.6) is 11.5 Å². The van der Waals surface area contributed by atoms with Gasteiger partial charge in [0.05, 0.1) is 13.2 Å². The van der Waals surface area contributed by atoms with E-state index in [1.807, 2.05) is 0 Å². The third-order valence-corrected chi connectivity index (χ3v) is 2.45. The molecule has 0 amide bonds. The van der Waals surface area contributed by atoms with E-state index in [0.717, 1.165) is 11.1 Å². The monoisotopic (exact) mass is 231 g/mol. The molecule has 0 fully saturated rings. The van der Waals surface area contributed by atoms with Crippen molar-refractivity contribution in [2.24, 2.45) is 0 Å². The number of rotatable bonds is 1. The lowest BCUT2D eigenvalue weighted by Crippen LogP contribution is -2.27. The van der Waals surface area contributed by atoms with Crippen LogP contribution < -0.4 is 10.1 Å². The highest BCUT2D eigenvalue weighted by Gasteiger charge is 2.19. The number of phenols is 1. The molecule has 1 unspecified atom stereocenters. The molecular weight excluding hydrogens is 218 g/mol. The van der Waals surface area contributed by atoms with Gasteiger partial charge in [-0.05, 0) is 23.3 Å². The second-order valence-corrected chi connectivity index (χ2v) is 3.37. The Morgan fingerprint density at radius 1 is 1.47 bits per heavy atom. The zero-order valence-electron chi connectivity index (χ0n) is 8.36. The molecule has 0 saturated heterocycles. The molecule has 0 saturated carbocycles. The van der Waals surface area contributed by atoms with Crippen LogP contribution in [0.4, 0.5) is 0 Å². The molecule has 3 N–H and O–H groups in total. The fraction of sp³-hybridized carbons (Fsp3) is 0.400. The van der Waals surface area contributed by atoms with Crippen molar-refractivity contribution in [3.05, 3.63) is 23.3 Å². The van der Waals surface area contributed by atoms with Crippen molar-refractivity contribution in [1.29, 1.82) is 0 Å². The van der Waals surface area contributed by atoms with Crippen LogP contribution in [0.15, 0.2) is 12.1 Å². The number of phenolic OH excluding ortho intramolecular Hbond substituents is 1. The first-order chi connectivity index (χ1) is 6.72. The molecule has 4 nitrogen and oxygen atoms in total. The van der Waals surface area contributed by atoms with Gasteiger partial charge < -0.3 is 20.3 Å². The lowest BCUT2D eigenvalue weighted by molar-refractivity contribution is 0.164. The second kappa shape index (κ2) is 4.70. The van der Waals surface area contributed by atoms with Crippen molar-refractivity contribution in [2.45, 2.75) is 12.6 Å². The number of benzene rings is 1. The second-order valence-electron chi connectivity index (χ2n) is 3.37. The van der Waals surface area contributed by atoms with E-state index in [4.69, 9.17) is 4.74 Å². The Bertz CT molecular complexity index is 357. The first kappa shape index (κ1) is 12.1. The average Bonchev–Trinajstić information content (AvgIpc) is 2.17. The largest absolute Gasteiger partial charge is 0.504 e. The summed E-state index contributed by atoms with van der Waals surface area (Å²) >= 11 is 0. The molecule has 1 aromatic carbocycles. The number of halogens is 1. The number of ether oxygens (including phenoxy) is 1. The van der Waals surface area contributed by atoms with Gasteiger partial charge in [0, 0.05) is 13.1 Å². The van der Waals surface area contributed by atoms with Crippen LogP contribution in [-0.2, 0) is 6.54 Å². The molecule has 0 spiro atoms. The molecule has 84 valence electrons. The van der Waals surface area contributed by atoms with Gasteiger partial charge in [0.2, 0.25) is 0 Å². The van der Waals surface area contributed by atoms with Crippen molar-refractivity contribution in [3.63, 3.8) is 0 Å². The number of methoxy groups -OCH3 is 1. The van der Waals surface area contributed by atoms with Crippen LogP contribution in [0, 0.1) is 0 Å². The van der Waals surface area contributed by atoms with Crippen LogP contribution >= 0.6 is 12.4 Å². The van der Waals surface area contributed by atoms with Gasteiger partial charge in [-0.25, -0.2) is 0 Å². The molecular formula is C10H14ClNO3. The number of hydrogen-bond donors (Lipinski definition) is 3. The molecule has 2 rings (SSSR count). The van der Waals surface area contributed by atoms with E-state index in [0.29, 0.717) is 18.8 Å². The minimum absolute atomic E-state index is 0. The highest BCUT2D eigenvalue weighted by atomic mass is 35.5. The summed E-state index contributed by atoms with van der Waals surface area (Å²) in [4.78, 5) is 0. The number of aliphatic hydroxyl groups is 1. The van der Waals surface area contributed by atoms with Gasteiger partial charge in [-0.1, -0.05) is 0 Å². The number of fused-ring (bicyclic) bond motifs is 1. The fourth-order valence-electron chi connectivity index (χ4n) is 1.71. The zero-order chi connectivity index (χ0) is 10.1. The standard InChI is InChI=1S/C10H13NO3.ClH/c1-14-10-3-7-6(2-8(10)12)4-11-5-9(7)13;/h2-3,9,11-13H,4-5H2,1H3;1H. The van der Waals surface area contributed by atoms with Crippen LogP contribution in [0.2, 0.25) is 0 Å². The van der Waals surface area contributed by atoms with Gasteiger partial charge in [-0.3, -0.25) is 0 Å². The molecule has 15 heavy (non-hydrogen) atoms.